The Labute approximate surface area is 93.7 Å². The second-order valence-electron chi connectivity index (χ2n) is 3.31. The maximum absolute atomic E-state index is 11.1. The lowest BCUT2D eigenvalue weighted by molar-refractivity contribution is -0.141. The van der Waals surface area contributed by atoms with E-state index < -0.39 is 12.0 Å². The van der Waals surface area contributed by atoms with Gasteiger partial charge in [-0.25, -0.2) is 4.79 Å². The number of nitrogens with zero attached hydrogens (tertiary/aromatic N) is 1. The van der Waals surface area contributed by atoms with E-state index in [-0.39, 0.29) is 4.99 Å². The van der Waals surface area contributed by atoms with Crippen LogP contribution in [0.1, 0.15) is 31.5 Å². The minimum absolute atomic E-state index is 0.224. The van der Waals surface area contributed by atoms with E-state index in [1.165, 1.54) is 0 Å². The molecule has 1 atom stereocenters. The van der Waals surface area contributed by atoms with Crippen LogP contribution < -0.4 is 5.73 Å². The molecule has 0 saturated heterocycles. The zero-order valence-electron chi connectivity index (χ0n) is 8.51. The number of carbonyl (C=O) groups is 1. The van der Waals surface area contributed by atoms with E-state index in [9.17, 15) is 4.79 Å². The van der Waals surface area contributed by atoms with Crippen molar-refractivity contribution < 1.29 is 9.90 Å². The number of rotatable bonds is 5. The van der Waals surface area contributed by atoms with Gasteiger partial charge >= 0.3 is 5.97 Å². The van der Waals surface area contributed by atoms with Crippen LogP contribution in [0.5, 0.6) is 0 Å². The molecule has 0 radical (unpaired) electrons. The molecule has 1 aromatic rings. The molecule has 0 aromatic carbocycles. The summed E-state index contributed by atoms with van der Waals surface area (Å²) in [7, 11) is 0. The summed E-state index contributed by atoms with van der Waals surface area (Å²) in [6.07, 6.45) is 3.06. The van der Waals surface area contributed by atoms with E-state index in [1.807, 2.05) is 6.92 Å². The molecule has 1 aromatic heterocycles. The SMILES string of the molecule is CCCC(C(=O)O)n1cccc1C(N)=S. The molecule has 15 heavy (non-hydrogen) atoms. The van der Waals surface area contributed by atoms with Gasteiger partial charge < -0.3 is 15.4 Å². The Bertz CT molecular complexity index is 373. The molecule has 1 unspecified atom stereocenters. The predicted molar refractivity (Wildman–Crippen MR) is 61.9 cm³/mol. The summed E-state index contributed by atoms with van der Waals surface area (Å²) >= 11 is 4.86. The van der Waals surface area contributed by atoms with Crippen LogP contribution in [0.25, 0.3) is 0 Å². The lowest BCUT2D eigenvalue weighted by Gasteiger charge is -2.16. The Morgan fingerprint density at radius 2 is 2.40 bits per heavy atom. The lowest BCUT2D eigenvalue weighted by Crippen LogP contribution is -2.24. The third kappa shape index (κ3) is 2.56. The molecular formula is C10H14N2O2S. The van der Waals surface area contributed by atoms with Gasteiger partial charge in [0, 0.05) is 6.20 Å². The Morgan fingerprint density at radius 3 is 2.87 bits per heavy atom. The minimum atomic E-state index is -0.856. The second kappa shape index (κ2) is 4.93. The lowest BCUT2D eigenvalue weighted by atomic mass is 10.1. The summed E-state index contributed by atoms with van der Waals surface area (Å²) in [4.78, 5) is 11.3. The number of nitrogens with two attached hydrogens (primary N) is 1. The van der Waals surface area contributed by atoms with Crippen molar-refractivity contribution in [1.82, 2.24) is 4.57 Å². The molecule has 0 bridgehead atoms. The molecule has 0 amide bonds. The Balaban J connectivity index is 3.05. The first kappa shape index (κ1) is 11.7. The Kier molecular flexibility index (Phi) is 3.85. The van der Waals surface area contributed by atoms with Crippen molar-refractivity contribution in [3.05, 3.63) is 24.0 Å². The van der Waals surface area contributed by atoms with Gasteiger partial charge in [-0.1, -0.05) is 25.6 Å². The second-order valence-corrected chi connectivity index (χ2v) is 3.75. The minimum Gasteiger partial charge on any atom is -0.480 e. The van der Waals surface area contributed by atoms with Crippen LogP contribution in [0.4, 0.5) is 0 Å². The van der Waals surface area contributed by atoms with Gasteiger partial charge in [-0.05, 0) is 18.6 Å². The van der Waals surface area contributed by atoms with E-state index in [2.05, 4.69) is 0 Å². The first-order valence-corrected chi connectivity index (χ1v) is 5.18. The topological polar surface area (TPSA) is 68.2 Å². The van der Waals surface area contributed by atoms with Gasteiger partial charge in [0.1, 0.15) is 11.0 Å². The van der Waals surface area contributed by atoms with Crippen molar-refractivity contribution in [3.63, 3.8) is 0 Å². The van der Waals surface area contributed by atoms with Gasteiger partial charge in [0.25, 0.3) is 0 Å². The van der Waals surface area contributed by atoms with Gasteiger partial charge in [-0.3, -0.25) is 0 Å². The van der Waals surface area contributed by atoms with E-state index in [1.54, 1.807) is 22.9 Å². The molecule has 0 aliphatic heterocycles. The molecule has 0 aliphatic carbocycles. The largest absolute Gasteiger partial charge is 0.480 e. The van der Waals surface area contributed by atoms with Crippen LogP contribution in [0.3, 0.4) is 0 Å². The third-order valence-corrected chi connectivity index (χ3v) is 2.42. The number of hydrogen-bond acceptors (Lipinski definition) is 2. The average molecular weight is 226 g/mol. The molecule has 5 heteroatoms. The van der Waals surface area contributed by atoms with Crippen molar-refractivity contribution in [1.29, 1.82) is 0 Å². The number of carboxylic acid groups (broad SMARTS) is 1. The number of aromatic nitrogens is 1. The van der Waals surface area contributed by atoms with Gasteiger partial charge in [-0.15, -0.1) is 0 Å². The fourth-order valence-electron chi connectivity index (χ4n) is 1.53. The van der Waals surface area contributed by atoms with Crippen LogP contribution in [0.15, 0.2) is 18.3 Å². The monoisotopic (exact) mass is 226 g/mol. The summed E-state index contributed by atoms with van der Waals surface area (Å²) in [5.74, 6) is -0.856. The highest BCUT2D eigenvalue weighted by molar-refractivity contribution is 7.80. The number of hydrogen-bond donors (Lipinski definition) is 2. The molecule has 82 valence electrons. The molecule has 0 saturated carbocycles. The predicted octanol–water partition coefficient (Wildman–Crippen LogP) is 1.55. The molecule has 0 aliphatic rings. The van der Waals surface area contributed by atoms with Crippen LogP contribution in [-0.4, -0.2) is 20.6 Å². The van der Waals surface area contributed by atoms with Gasteiger partial charge in [-0.2, -0.15) is 0 Å². The van der Waals surface area contributed by atoms with Crippen molar-refractivity contribution >= 4 is 23.2 Å². The summed E-state index contributed by atoms with van der Waals surface area (Å²) in [6.45, 7) is 1.94. The normalized spacial score (nSPS) is 12.3. The molecular weight excluding hydrogens is 212 g/mol. The van der Waals surface area contributed by atoms with Gasteiger partial charge in [0.05, 0.1) is 5.69 Å². The van der Waals surface area contributed by atoms with Gasteiger partial charge in [0.2, 0.25) is 0 Å². The van der Waals surface area contributed by atoms with E-state index in [0.29, 0.717) is 12.1 Å². The fraction of sp³-hybridized carbons (Fsp3) is 0.400. The number of carboxylic acids is 1. The van der Waals surface area contributed by atoms with Crippen LogP contribution in [0, 0.1) is 0 Å². The van der Waals surface area contributed by atoms with Crippen molar-refractivity contribution in [2.45, 2.75) is 25.8 Å². The number of thiocarbonyl (C=S) groups is 1. The van der Waals surface area contributed by atoms with Crippen LogP contribution >= 0.6 is 12.2 Å². The molecule has 4 nitrogen and oxygen atoms in total. The maximum atomic E-state index is 11.1. The Morgan fingerprint density at radius 1 is 1.73 bits per heavy atom. The quantitative estimate of drug-likeness (QED) is 0.747. The smallest absolute Gasteiger partial charge is 0.326 e. The summed E-state index contributed by atoms with van der Waals surface area (Å²) in [5, 5.41) is 9.08. The van der Waals surface area contributed by atoms with Crippen molar-refractivity contribution in [2.24, 2.45) is 5.73 Å². The summed E-state index contributed by atoms with van der Waals surface area (Å²) < 4.78 is 1.62. The van der Waals surface area contributed by atoms with E-state index in [0.717, 1.165) is 6.42 Å². The number of aliphatic carboxylic acids is 1. The average Bonchev–Trinajstić information content (AvgIpc) is 2.61. The highest BCUT2D eigenvalue weighted by Gasteiger charge is 2.20. The standard InChI is InChI=1S/C10H14N2O2S/c1-2-4-8(10(13)14)12-6-3-5-7(12)9(11)15/h3,5-6,8H,2,4H2,1H3,(H2,11,15)(H,13,14). The Hall–Kier alpha value is -1.36. The highest BCUT2D eigenvalue weighted by atomic mass is 32.1. The molecule has 1 rings (SSSR count). The summed E-state index contributed by atoms with van der Waals surface area (Å²) in [5.41, 5.74) is 6.11. The van der Waals surface area contributed by atoms with Crippen LogP contribution in [-0.2, 0) is 4.79 Å². The maximum Gasteiger partial charge on any atom is 0.326 e. The van der Waals surface area contributed by atoms with Crippen molar-refractivity contribution in [3.8, 4) is 0 Å². The molecule has 1 heterocycles. The van der Waals surface area contributed by atoms with Gasteiger partial charge in [0.15, 0.2) is 0 Å². The fourth-order valence-corrected chi connectivity index (χ4v) is 1.70. The third-order valence-electron chi connectivity index (χ3n) is 2.21. The first-order valence-electron chi connectivity index (χ1n) is 4.77. The van der Waals surface area contributed by atoms with Crippen molar-refractivity contribution in [2.75, 3.05) is 0 Å². The highest BCUT2D eigenvalue weighted by Crippen LogP contribution is 2.17. The first-order chi connectivity index (χ1) is 7.07. The molecule has 3 N–H and O–H groups in total. The molecule has 0 spiro atoms. The van der Waals surface area contributed by atoms with Crippen LogP contribution in [0.2, 0.25) is 0 Å². The zero-order chi connectivity index (χ0) is 11.4. The van der Waals surface area contributed by atoms with E-state index >= 15 is 0 Å². The summed E-state index contributed by atoms with van der Waals surface area (Å²) in [6, 6.07) is 2.90. The zero-order valence-corrected chi connectivity index (χ0v) is 9.33. The van der Waals surface area contributed by atoms with E-state index in [4.69, 9.17) is 23.1 Å². The molecule has 0 fully saturated rings.